The minimum Gasteiger partial charge on any atom is -0.376 e. The minimum atomic E-state index is -0.186. The van der Waals surface area contributed by atoms with Crippen LogP contribution >= 0.6 is 11.8 Å². The first-order valence-corrected chi connectivity index (χ1v) is 9.74. The summed E-state index contributed by atoms with van der Waals surface area (Å²) in [5.74, 6) is 0.0421. The van der Waals surface area contributed by atoms with Gasteiger partial charge in [0.1, 0.15) is 0 Å². The van der Waals surface area contributed by atoms with Crippen molar-refractivity contribution in [1.82, 2.24) is 14.9 Å². The predicted molar refractivity (Wildman–Crippen MR) is 101 cm³/mol. The van der Waals surface area contributed by atoms with E-state index in [9.17, 15) is 4.79 Å². The van der Waals surface area contributed by atoms with Crippen LogP contribution in [-0.4, -0.2) is 40.0 Å². The van der Waals surface area contributed by atoms with Gasteiger partial charge in [0, 0.05) is 13.2 Å². The SMILES string of the molecule is CCNC(=O)[C@H](C)Sc1ncc(-c2ccccc2)n1C[C@@H]1CCCO1. The number of nitrogens with zero attached hydrogens (tertiary/aromatic N) is 2. The van der Waals surface area contributed by atoms with Gasteiger partial charge in [0.2, 0.25) is 5.91 Å². The molecule has 1 fully saturated rings. The average Bonchev–Trinajstić information content (AvgIpc) is 3.27. The van der Waals surface area contributed by atoms with Crippen molar-refractivity contribution in [2.75, 3.05) is 13.2 Å². The van der Waals surface area contributed by atoms with E-state index in [2.05, 4.69) is 27.0 Å². The van der Waals surface area contributed by atoms with Gasteiger partial charge in [-0.25, -0.2) is 4.98 Å². The van der Waals surface area contributed by atoms with Gasteiger partial charge in [-0.3, -0.25) is 4.79 Å². The molecule has 5 nitrogen and oxygen atoms in total. The number of thioether (sulfide) groups is 1. The van der Waals surface area contributed by atoms with E-state index in [4.69, 9.17) is 4.74 Å². The number of amides is 1. The number of hydrogen-bond donors (Lipinski definition) is 1. The zero-order valence-electron chi connectivity index (χ0n) is 14.8. The van der Waals surface area contributed by atoms with Crippen LogP contribution in [-0.2, 0) is 16.1 Å². The van der Waals surface area contributed by atoms with Gasteiger partial charge in [-0.1, -0.05) is 42.1 Å². The summed E-state index contributed by atoms with van der Waals surface area (Å²) in [4.78, 5) is 16.7. The van der Waals surface area contributed by atoms with Crippen molar-refractivity contribution in [1.29, 1.82) is 0 Å². The van der Waals surface area contributed by atoms with E-state index in [1.807, 2.05) is 38.2 Å². The van der Waals surface area contributed by atoms with Gasteiger partial charge in [-0.2, -0.15) is 0 Å². The highest BCUT2D eigenvalue weighted by atomic mass is 32.2. The number of carbonyl (C=O) groups is 1. The van der Waals surface area contributed by atoms with E-state index in [1.165, 1.54) is 11.8 Å². The third-order valence-electron chi connectivity index (χ3n) is 4.30. The molecule has 134 valence electrons. The molecule has 0 spiro atoms. The summed E-state index contributed by atoms with van der Waals surface area (Å²) in [5.41, 5.74) is 2.20. The van der Waals surface area contributed by atoms with Gasteiger partial charge >= 0.3 is 0 Å². The summed E-state index contributed by atoms with van der Waals surface area (Å²) in [6.45, 7) is 6.10. The Bertz CT molecular complexity index is 696. The van der Waals surface area contributed by atoms with E-state index < -0.39 is 0 Å². The number of hydrogen-bond acceptors (Lipinski definition) is 4. The van der Waals surface area contributed by atoms with Crippen molar-refractivity contribution in [3.05, 3.63) is 36.5 Å². The Morgan fingerprint density at radius 2 is 2.24 bits per heavy atom. The Balaban J connectivity index is 1.86. The standard InChI is InChI=1S/C19H25N3O2S/c1-3-20-18(23)14(2)25-19-21-12-17(15-8-5-4-6-9-15)22(19)13-16-10-7-11-24-16/h4-6,8-9,12,14,16H,3,7,10-11,13H2,1-2H3,(H,20,23)/t14-,16-/m0/s1. The molecule has 1 aliphatic heterocycles. The number of rotatable bonds is 7. The second-order valence-corrected chi connectivity index (χ2v) is 7.50. The zero-order chi connectivity index (χ0) is 17.6. The summed E-state index contributed by atoms with van der Waals surface area (Å²) < 4.78 is 8.03. The summed E-state index contributed by atoms with van der Waals surface area (Å²) in [5, 5.41) is 3.56. The van der Waals surface area contributed by atoms with Crippen molar-refractivity contribution in [2.45, 2.75) is 49.7 Å². The third kappa shape index (κ3) is 4.44. The number of imidazole rings is 1. The van der Waals surface area contributed by atoms with Gasteiger partial charge in [0.05, 0.1) is 29.8 Å². The van der Waals surface area contributed by atoms with Crippen LogP contribution in [0.1, 0.15) is 26.7 Å². The van der Waals surface area contributed by atoms with Crippen LogP contribution in [0.5, 0.6) is 0 Å². The Morgan fingerprint density at radius 1 is 1.44 bits per heavy atom. The van der Waals surface area contributed by atoms with E-state index in [0.29, 0.717) is 6.54 Å². The lowest BCUT2D eigenvalue weighted by molar-refractivity contribution is -0.120. The van der Waals surface area contributed by atoms with Crippen molar-refractivity contribution in [3.8, 4) is 11.3 Å². The van der Waals surface area contributed by atoms with E-state index in [-0.39, 0.29) is 17.3 Å². The Kier molecular flexibility index (Phi) is 6.15. The van der Waals surface area contributed by atoms with Crippen molar-refractivity contribution < 1.29 is 9.53 Å². The zero-order valence-corrected chi connectivity index (χ0v) is 15.6. The monoisotopic (exact) mass is 359 g/mol. The topological polar surface area (TPSA) is 56.2 Å². The highest BCUT2D eigenvalue weighted by Crippen LogP contribution is 2.30. The van der Waals surface area contributed by atoms with E-state index >= 15 is 0 Å². The summed E-state index contributed by atoms with van der Waals surface area (Å²) in [7, 11) is 0. The maximum absolute atomic E-state index is 12.1. The summed E-state index contributed by atoms with van der Waals surface area (Å²) in [6, 6.07) is 10.2. The molecule has 0 unspecified atom stereocenters. The molecule has 25 heavy (non-hydrogen) atoms. The maximum Gasteiger partial charge on any atom is 0.233 e. The van der Waals surface area contributed by atoms with Gasteiger partial charge in [-0.15, -0.1) is 0 Å². The molecular formula is C19H25N3O2S. The fourth-order valence-corrected chi connectivity index (χ4v) is 3.91. The largest absolute Gasteiger partial charge is 0.376 e. The molecule has 0 aliphatic carbocycles. The third-order valence-corrected chi connectivity index (χ3v) is 5.41. The second-order valence-electron chi connectivity index (χ2n) is 6.19. The van der Waals surface area contributed by atoms with Crippen LogP contribution in [0, 0.1) is 0 Å². The fraction of sp³-hybridized carbons (Fsp3) is 0.474. The van der Waals surface area contributed by atoms with Gasteiger partial charge < -0.3 is 14.6 Å². The molecule has 1 amide bonds. The Labute approximate surface area is 153 Å². The Morgan fingerprint density at radius 3 is 2.92 bits per heavy atom. The summed E-state index contributed by atoms with van der Waals surface area (Å²) in [6.07, 6.45) is 4.30. The van der Waals surface area contributed by atoms with Crippen LogP contribution in [0.2, 0.25) is 0 Å². The average molecular weight is 359 g/mol. The molecule has 1 aliphatic rings. The first-order chi connectivity index (χ1) is 12.2. The highest BCUT2D eigenvalue weighted by Gasteiger charge is 2.23. The molecule has 2 aromatic rings. The smallest absolute Gasteiger partial charge is 0.233 e. The Hall–Kier alpha value is -1.79. The molecule has 1 aromatic carbocycles. The van der Waals surface area contributed by atoms with E-state index in [0.717, 1.165) is 42.4 Å². The lowest BCUT2D eigenvalue weighted by Crippen LogP contribution is -2.30. The van der Waals surface area contributed by atoms with Crippen LogP contribution in [0.4, 0.5) is 0 Å². The number of nitrogens with one attached hydrogen (secondary N) is 1. The lowest BCUT2D eigenvalue weighted by atomic mass is 10.1. The van der Waals surface area contributed by atoms with Crippen LogP contribution in [0.25, 0.3) is 11.3 Å². The van der Waals surface area contributed by atoms with Crippen molar-refractivity contribution in [3.63, 3.8) is 0 Å². The second kappa shape index (κ2) is 8.54. The highest BCUT2D eigenvalue weighted by molar-refractivity contribution is 8.00. The van der Waals surface area contributed by atoms with Crippen LogP contribution in [0.15, 0.2) is 41.7 Å². The van der Waals surface area contributed by atoms with Crippen molar-refractivity contribution in [2.24, 2.45) is 0 Å². The van der Waals surface area contributed by atoms with Crippen LogP contribution < -0.4 is 5.32 Å². The lowest BCUT2D eigenvalue weighted by Gasteiger charge is -2.17. The number of aromatic nitrogens is 2. The normalized spacial score (nSPS) is 18.2. The number of ether oxygens (including phenoxy) is 1. The molecule has 0 bridgehead atoms. The van der Waals surface area contributed by atoms with Gasteiger partial charge in [0.25, 0.3) is 0 Å². The van der Waals surface area contributed by atoms with Crippen LogP contribution in [0.3, 0.4) is 0 Å². The molecule has 2 heterocycles. The molecule has 3 rings (SSSR count). The number of carbonyl (C=O) groups excluding carboxylic acids is 1. The predicted octanol–water partition coefficient (Wildman–Crippen LogP) is 3.35. The molecule has 0 saturated carbocycles. The van der Waals surface area contributed by atoms with Crippen molar-refractivity contribution >= 4 is 17.7 Å². The quantitative estimate of drug-likeness (QED) is 0.770. The molecule has 1 aromatic heterocycles. The molecule has 0 radical (unpaired) electrons. The number of benzene rings is 1. The minimum absolute atomic E-state index is 0.0421. The van der Waals surface area contributed by atoms with Gasteiger partial charge in [0.15, 0.2) is 5.16 Å². The first kappa shape index (κ1) is 18.0. The molecule has 1 saturated heterocycles. The fourth-order valence-electron chi connectivity index (χ4n) is 2.99. The first-order valence-electron chi connectivity index (χ1n) is 8.86. The van der Waals surface area contributed by atoms with Gasteiger partial charge in [-0.05, 0) is 32.3 Å². The molecule has 2 atom stereocenters. The molecular weight excluding hydrogens is 334 g/mol. The van der Waals surface area contributed by atoms with E-state index in [1.54, 1.807) is 0 Å². The molecule has 1 N–H and O–H groups in total. The summed E-state index contributed by atoms with van der Waals surface area (Å²) >= 11 is 1.50. The maximum atomic E-state index is 12.1. The molecule has 6 heteroatoms.